The van der Waals surface area contributed by atoms with Gasteiger partial charge in [0, 0.05) is 25.1 Å². The Morgan fingerprint density at radius 2 is 2.14 bits per heavy atom. The third-order valence-corrected chi connectivity index (χ3v) is 5.15. The Morgan fingerprint density at radius 1 is 1.32 bits per heavy atom. The van der Waals surface area contributed by atoms with E-state index in [-0.39, 0.29) is 0 Å². The second-order valence-electron chi connectivity index (χ2n) is 5.86. The van der Waals surface area contributed by atoms with E-state index in [9.17, 15) is 0 Å². The normalized spacial score (nSPS) is 16.7. The number of aryl methyl sites for hydroxylation is 1. The van der Waals surface area contributed by atoms with Crippen LogP contribution in [-0.2, 0) is 11.3 Å². The average Bonchev–Trinajstić information content (AvgIpc) is 2.96. The molecule has 4 nitrogen and oxygen atoms in total. The predicted octanol–water partition coefficient (Wildman–Crippen LogP) is 3.46. The molecule has 0 radical (unpaired) electrons. The summed E-state index contributed by atoms with van der Waals surface area (Å²) < 4.78 is 5.93. The van der Waals surface area contributed by atoms with Crippen molar-refractivity contribution in [1.29, 1.82) is 0 Å². The van der Waals surface area contributed by atoms with E-state index in [0.29, 0.717) is 6.10 Å². The maximum atomic E-state index is 5.93. The first-order valence-corrected chi connectivity index (χ1v) is 9.26. The summed E-state index contributed by atoms with van der Waals surface area (Å²) in [6.07, 6.45) is 8.08. The number of rotatable bonds is 7. The lowest BCUT2D eigenvalue weighted by molar-refractivity contribution is 0.0277. The summed E-state index contributed by atoms with van der Waals surface area (Å²) in [5.41, 5.74) is 1.34. The van der Waals surface area contributed by atoms with Gasteiger partial charge in [0.1, 0.15) is 0 Å². The summed E-state index contributed by atoms with van der Waals surface area (Å²) in [7, 11) is 1.81. The van der Waals surface area contributed by atoms with Crippen molar-refractivity contribution in [2.24, 2.45) is 4.99 Å². The molecule has 0 bridgehead atoms. The molecular formula is C17H29N3OS. The third-order valence-electron chi connectivity index (χ3n) is 4.13. The fourth-order valence-corrected chi connectivity index (χ4v) is 3.58. The molecule has 1 aromatic rings. The van der Waals surface area contributed by atoms with E-state index >= 15 is 0 Å². The van der Waals surface area contributed by atoms with Crippen LogP contribution in [0.1, 0.15) is 49.0 Å². The van der Waals surface area contributed by atoms with E-state index in [1.165, 1.54) is 42.5 Å². The van der Waals surface area contributed by atoms with Crippen LogP contribution < -0.4 is 10.6 Å². The van der Waals surface area contributed by atoms with E-state index < -0.39 is 0 Å². The maximum absolute atomic E-state index is 5.93. The van der Waals surface area contributed by atoms with E-state index in [4.69, 9.17) is 4.74 Å². The van der Waals surface area contributed by atoms with Gasteiger partial charge in [-0.1, -0.05) is 19.3 Å². The molecule has 0 aromatic carbocycles. The van der Waals surface area contributed by atoms with Crippen LogP contribution in [0.25, 0.3) is 0 Å². The second kappa shape index (κ2) is 9.85. The monoisotopic (exact) mass is 323 g/mol. The zero-order chi connectivity index (χ0) is 15.6. The Labute approximate surface area is 138 Å². The van der Waals surface area contributed by atoms with Crippen LogP contribution in [0.15, 0.2) is 16.4 Å². The van der Waals surface area contributed by atoms with Gasteiger partial charge in [-0.25, -0.2) is 0 Å². The molecule has 1 saturated carbocycles. The number of guanidine groups is 1. The topological polar surface area (TPSA) is 45.7 Å². The number of thiophene rings is 1. The largest absolute Gasteiger partial charge is 0.378 e. The standard InChI is InChI=1S/C17H29N3OS/c1-14-9-12-22-16(14)13-20-17(18-2)19-10-6-11-21-15-7-4-3-5-8-15/h9,12,15H,3-8,10-11,13H2,1-2H3,(H2,18,19,20). The molecule has 2 rings (SSSR count). The maximum Gasteiger partial charge on any atom is 0.191 e. The summed E-state index contributed by atoms with van der Waals surface area (Å²) in [6.45, 7) is 4.72. The molecule has 5 heteroatoms. The molecule has 22 heavy (non-hydrogen) atoms. The fourth-order valence-electron chi connectivity index (χ4n) is 2.73. The van der Waals surface area contributed by atoms with Gasteiger partial charge < -0.3 is 15.4 Å². The molecule has 1 fully saturated rings. The van der Waals surface area contributed by atoms with Crippen LogP contribution in [0, 0.1) is 6.92 Å². The van der Waals surface area contributed by atoms with E-state index in [1.54, 1.807) is 11.3 Å². The highest BCUT2D eigenvalue weighted by Crippen LogP contribution is 2.20. The van der Waals surface area contributed by atoms with Crippen molar-refractivity contribution < 1.29 is 4.74 Å². The Hall–Kier alpha value is -1.07. The van der Waals surface area contributed by atoms with Crippen LogP contribution in [0.2, 0.25) is 0 Å². The number of aliphatic imine (C=N–C) groups is 1. The average molecular weight is 324 g/mol. The van der Waals surface area contributed by atoms with Crippen LogP contribution in [0.3, 0.4) is 0 Å². The van der Waals surface area contributed by atoms with Crippen molar-refractivity contribution in [2.45, 2.75) is 58.1 Å². The summed E-state index contributed by atoms with van der Waals surface area (Å²) in [5, 5.41) is 8.84. The van der Waals surface area contributed by atoms with Gasteiger partial charge in [0.15, 0.2) is 5.96 Å². The summed E-state index contributed by atoms with van der Waals surface area (Å²) in [4.78, 5) is 5.63. The lowest BCUT2D eigenvalue weighted by Crippen LogP contribution is -2.37. The molecule has 124 valence electrons. The van der Waals surface area contributed by atoms with E-state index in [0.717, 1.165) is 32.1 Å². The van der Waals surface area contributed by atoms with Crippen molar-refractivity contribution in [2.75, 3.05) is 20.2 Å². The zero-order valence-electron chi connectivity index (χ0n) is 13.9. The van der Waals surface area contributed by atoms with Crippen molar-refractivity contribution in [1.82, 2.24) is 10.6 Å². The number of ether oxygens (including phenoxy) is 1. The van der Waals surface area contributed by atoms with Gasteiger partial charge in [-0.15, -0.1) is 11.3 Å². The van der Waals surface area contributed by atoms with E-state index in [2.05, 4.69) is 34.0 Å². The zero-order valence-corrected chi connectivity index (χ0v) is 14.7. The Kier molecular flexibility index (Phi) is 7.74. The second-order valence-corrected chi connectivity index (χ2v) is 6.86. The third kappa shape index (κ3) is 5.97. The lowest BCUT2D eigenvalue weighted by Gasteiger charge is -2.22. The van der Waals surface area contributed by atoms with Crippen LogP contribution in [0.5, 0.6) is 0 Å². The Balaban J connectivity index is 1.55. The van der Waals surface area contributed by atoms with Crippen LogP contribution in [-0.4, -0.2) is 32.3 Å². The first-order valence-electron chi connectivity index (χ1n) is 8.38. The van der Waals surface area contributed by atoms with Gasteiger partial charge in [-0.3, -0.25) is 4.99 Å². The number of hydrogen-bond donors (Lipinski definition) is 2. The number of nitrogens with one attached hydrogen (secondary N) is 2. The van der Waals surface area contributed by atoms with E-state index in [1.807, 2.05) is 7.05 Å². The molecule has 0 saturated heterocycles. The lowest BCUT2D eigenvalue weighted by atomic mass is 9.98. The highest BCUT2D eigenvalue weighted by molar-refractivity contribution is 7.10. The van der Waals surface area contributed by atoms with Gasteiger partial charge in [0.2, 0.25) is 0 Å². The Morgan fingerprint density at radius 3 is 2.82 bits per heavy atom. The molecular weight excluding hydrogens is 294 g/mol. The minimum atomic E-state index is 0.507. The molecule has 1 aliphatic carbocycles. The number of hydrogen-bond acceptors (Lipinski definition) is 3. The molecule has 1 heterocycles. The highest BCUT2D eigenvalue weighted by Gasteiger charge is 2.12. The molecule has 0 amide bonds. The van der Waals surface area contributed by atoms with Gasteiger partial charge in [0.25, 0.3) is 0 Å². The SMILES string of the molecule is CN=C(NCCCOC1CCCCC1)NCc1sccc1C. The molecule has 0 aliphatic heterocycles. The van der Waals surface area contributed by atoms with Crippen molar-refractivity contribution in [3.63, 3.8) is 0 Å². The molecule has 1 aliphatic rings. The van der Waals surface area contributed by atoms with Crippen molar-refractivity contribution >= 4 is 17.3 Å². The van der Waals surface area contributed by atoms with Crippen molar-refractivity contribution in [3.8, 4) is 0 Å². The molecule has 1 aromatic heterocycles. The van der Waals surface area contributed by atoms with Crippen molar-refractivity contribution in [3.05, 3.63) is 21.9 Å². The summed E-state index contributed by atoms with van der Waals surface area (Å²) in [6, 6.07) is 2.15. The summed E-state index contributed by atoms with van der Waals surface area (Å²) >= 11 is 1.78. The van der Waals surface area contributed by atoms with Gasteiger partial charge in [-0.2, -0.15) is 0 Å². The number of nitrogens with zero attached hydrogens (tertiary/aromatic N) is 1. The fraction of sp³-hybridized carbons (Fsp3) is 0.706. The molecule has 0 atom stereocenters. The van der Waals surface area contributed by atoms with Gasteiger partial charge in [-0.05, 0) is 43.2 Å². The molecule has 0 spiro atoms. The minimum Gasteiger partial charge on any atom is -0.378 e. The molecule has 0 unspecified atom stereocenters. The first kappa shape index (κ1) is 17.3. The van der Waals surface area contributed by atoms with Gasteiger partial charge in [0.05, 0.1) is 12.6 Å². The predicted molar refractivity (Wildman–Crippen MR) is 94.7 cm³/mol. The Bertz CT molecular complexity index is 453. The van der Waals surface area contributed by atoms with Gasteiger partial charge >= 0.3 is 0 Å². The highest BCUT2D eigenvalue weighted by atomic mass is 32.1. The first-order chi connectivity index (χ1) is 10.8. The van der Waals surface area contributed by atoms with Crippen LogP contribution in [0.4, 0.5) is 0 Å². The smallest absolute Gasteiger partial charge is 0.191 e. The quantitative estimate of drug-likeness (QED) is 0.459. The van der Waals surface area contributed by atoms with Crippen LogP contribution >= 0.6 is 11.3 Å². The minimum absolute atomic E-state index is 0.507. The molecule has 2 N–H and O–H groups in total. The summed E-state index contributed by atoms with van der Waals surface area (Å²) in [5.74, 6) is 0.866.